The predicted molar refractivity (Wildman–Crippen MR) is 163 cm³/mol. The molecule has 6 nitrogen and oxygen atoms in total. The van der Waals surface area contributed by atoms with Gasteiger partial charge in [-0.25, -0.2) is 0 Å². The Bertz CT molecular complexity index is 1140. The van der Waals surface area contributed by atoms with Crippen LogP contribution in [0.2, 0.25) is 0 Å². The normalized spacial score (nSPS) is 10.8. The van der Waals surface area contributed by atoms with E-state index in [-0.39, 0.29) is 22.6 Å². The molecule has 0 radical (unpaired) electrons. The molecule has 0 spiro atoms. The number of aryl methyl sites for hydroxylation is 2. The molecule has 3 aromatic carbocycles. The van der Waals surface area contributed by atoms with Crippen LogP contribution in [0.15, 0.2) is 60.7 Å². The number of carbonyl (C=O) groups excluding carboxylic acids is 2. The van der Waals surface area contributed by atoms with Gasteiger partial charge in [0.25, 0.3) is 11.8 Å². The number of hydrogen-bond donors (Lipinski definition) is 4. The second-order valence-corrected chi connectivity index (χ2v) is 10.5. The van der Waals surface area contributed by atoms with Crippen molar-refractivity contribution in [1.82, 2.24) is 0 Å². The van der Waals surface area contributed by atoms with Gasteiger partial charge in [0.05, 0.1) is 11.1 Å². The lowest BCUT2D eigenvalue weighted by Crippen LogP contribution is -2.13. The van der Waals surface area contributed by atoms with Crippen LogP contribution in [0.1, 0.15) is 110 Å². The quantitative estimate of drug-likeness (QED) is 0.136. The molecule has 0 unspecified atom stereocenters. The van der Waals surface area contributed by atoms with Gasteiger partial charge in [-0.05, 0) is 85.3 Å². The van der Waals surface area contributed by atoms with Gasteiger partial charge in [0.2, 0.25) is 0 Å². The number of anilines is 2. The van der Waals surface area contributed by atoms with E-state index in [2.05, 4.69) is 24.5 Å². The molecule has 0 aliphatic rings. The van der Waals surface area contributed by atoms with Crippen molar-refractivity contribution in [2.75, 3.05) is 10.6 Å². The molecule has 0 heterocycles. The number of hydrogen-bond acceptors (Lipinski definition) is 4. The molecular formula is C34H44N2O4. The van der Waals surface area contributed by atoms with Crippen LogP contribution in [-0.4, -0.2) is 22.0 Å². The van der Waals surface area contributed by atoms with E-state index < -0.39 is 11.8 Å². The number of carbonyl (C=O) groups is 2. The lowest BCUT2D eigenvalue weighted by molar-refractivity contribution is 0.101. The van der Waals surface area contributed by atoms with Crippen molar-refractivity contribution >= 4 is 23.2 Å². The maximum absolute atomic E-state index is 12.7. The van der Waals surface area contributed by atoms with Crippen LogP contribution >= 0.6 is 0 Å². The van der Waals surface area contributed by atoms with Crippen molar-refractivity contribution in [3.05, 3.63) is 82.9 Å². The Balaban J connectivity index is 1.51. The smallest absolute Gasteiger partial charge is 0.259 e. The minimum atomic E-state index is -0.404. The monoisotopic (exact) mass is 544 g/mol. The molecule has 0 bridgehead atoms. The van der Waals surface area contributed by atoms with E-state index in [1.807, 2.05) is 12.1 Å². The Labute approximate surface area is 238 Å². The van der Waals surface area contributed by atoms with Gasteiger partial charge in [-0.15, -0.1) is 0 Å². The van der Waals surface area contributed by atoms with Crippen LogP contribution in [0.5, 0.6) is 11.5 Å². The van der Waals surface area contributed by atoms with E-state index in [9.17, 15) is 19.8 Å². The van der Waals surface area contributed by atoms with Gasteiger partial charge >= 0.3 is 0 Å². The first-order valence-electron chi connectivity index (χ1n) is 14.8. The second-order valence-electron chi connectivity index (χ2n) is 10.5. The Morgan fingerprint density at radius 3 is 1.27 bits per heavy atom. The molecule has 0 saturated heterocycles. The van der Waals surface area contributed by atoms with E-state index in [1.54, 1.807) is 48.5 Å². The number of phenols is 2. The zero-order valence-electron chi connectivity index (χ0n) is 24.0. The molecule has 3 aromatic rings. The molecule has 6 heteroatoms. The molecule has 0 atom stereocenters. The van der Waals surface area contributed by atoms with E-state index in [0.29, 0.717) is 11.4 Å². The predicted octanol–water partition coefficient (Wildman–Crippen LogP) is 8.63. The average Bonchev–Trinajstić information content (AvgIpc) is 2.94. The molecule has 4 N–H and O–H groups in total. The SMILES string of the molecule is CCCCCCCc1ccc(C(=O)Nc2ccc(NC(=O)c3ccc(CCCCCCC)cc3O)cc2)c(O)c1. The molecular weight excluding hydrogens is 500 g/mol. The van der Waals surface area contributed by atoms with E-state index in [1.165, 1.54) is 51.4 Å². The molecule has 3 rings (SSSR count). The third-order valence-corrected chi connectivity index (χ3v) is 7.15. The summed E-state index contributed by atoms with van der Waals surface area (Å²) in [5.74, 6) is -0.872. The van der Waals surface area contributed by atoms with Gasteiger partial charge in [-0.3, -0.25) is 9.59 Å². The van der Waals surface area contributed by atoms with Crippen molar-refractivity contribution < 1.29 is 19.8 Å². The first-order valence-corrected chi connectivity index (χ1v) is 14.8. The van der Waals surface area contributed by atoms with Crippen LogP contribution < -0.4 is 10.6 Å². The molecule has 2 amide bonds. The number of unbranched alkanes of at least 4 members (excludes halogenated alkanes) is 8. The second kappa shape index (κ2) is 16.3. The zero-order chi connectivity index (χ0) is 28.7. The van der Waals surface area contributed by atoms with E-state index >= 15 is 0 Å². The number of aromatic hydroxyl groups is 2. The van der Waals surface area contributed by atoms with Crippen molar-refractivity contribution in [2.45, 2.75) is 90.9 Å². The Hall–Kier alpha value is -3.80. The van der Waals surface area contributed by atoms with Crippen LogP contribution in [0, 0.1) is 0 Å². The molecule has 40 heavy (non-hydrogen) atoms. The summed E-state index contributed by atoms with van der Waals surface area (Å²) in [5, 5.41) is 26.4. The first-order chi connectivity index (χ1) is 19.4. The molecule has 0 aliphatic carbocycles. The third-order valence-electron chi connectivity index (χ3n) is 7.15. The van der Waals surface area contributed by atoms with Crippen LogP contribution in [0.4, 0.5) is 11.4 Å². The van der Waals surface area contributed by atoms with Crippen molar-refractivity contribution in [1.29, 1.82) is 0 Å². The van der Waals surface area contributed by atoms with E-state index in [0.717, 1.165) is 36.8 Å². The first kappa shape index (κ1) is 30.7. The summed E-state index contributed by atoms with van der Waals surface area (Å²) >= 11 is 0. The third kappa shape index (κ3) is 9.74. The zero-order valence-corrected chi connectivity index (χ0v) is 24.0. The summed E-state index contributed by atoms with van der Waals surface area (Å²) in [6.07, 6.45) is 13.6. The van der Waals surface area contributed by atoms with Crippen molar-refractivity contribution in [2.24, 2.45) is 0 Å². The Kier molecular flexibility index (Phi) is 12.6. The number of amides is 2. The highest BCUT2D eigenvalue weighted by atomic mass is 16.3. The molecule has 0 saturated carbocycles. The molecule has 0 aliphatic heterocycles. The van der Waals surface area contributed by atoms with Gasteiger partial charge in [0.15, 0.2) is 0 Å². The summed E-state index contributed by atoms with van der Waals surface area (Å²) in [6.45, 7) is 4.38. The standard InChI is InChI=1S/C34H44N2O4/c1-3-5-7-9-11-13-25-15-21-29(31(37)23-25)33(39)35-27-17-19-28(20-18-27)36-34(40)30-22-16-26(24-32(30)38)14-12-10-8-6-4-2/h15-24,37-38H,3-14H2,1-2H3,(H,35,39)(H,36,40). The maximum atomic E-state index is 12.7. The Morgan fingerprint density at radius 2 is 0.925 bits per heavy atom. The lowest BCUT2D eigenvalue weighted by atomic mass is 10.0. The average molecular weight is 545 g/mol. The van der Waals surface area contributed by atoms with Crippen molar-refractivity contribution in [3.8, 4) is 11.5 Å². The number of phenolic OH excluding ortho intramolecular Hbond substituents is 2. The maximum Gasteiger partial charge on any atom is 0.259 e. The number of rotatable bonds is 16. The molecule has 0 aromatic heterocycles. The largest absolute Gasteiger partial charge is 0.507 e. The fraction of sp³-hybridized carbons (Fsp3) is 0.412. The fourth-order valence-corrected chi connectivity index (χ4v) is 4.75. The van der Waals surface area contributed by atoms with Crippen LogP contribution in [-0.2, 0) is 12.8 Å². The number of benzene rings is 3. The summed E-state index contributed by atoms with van der Waals surface area (Å²) in [6, 6.07) is 17.1. The minimum absolute atomic E-state index is 0.0326. The van der Waals surface area contributed by atoms with Gasteiger partial charge in [-0.2, -0.15) is 0 Å². The minimum Gasteiger partial charge on any atom is -0.507 e. The highest BCUT2D eigenvalue weighted by Crippen LogP contribution is 2.24. The lowest BCUT2D eigenvalue weighted by Gasteiger charge is -2.11. The Morgan fingerprint density at radius 1 is 0.550 bits per heavy atom. The number of nitrogens with one attached hydrogen (secondary N) is 2. The van der Waals surface area contributed by atoms with Gasteiger partial charge in [0, 0.05) is 11.4 Å². The molecule has 0 fully saturated rings. The molecule has 214 valence electrons. The van der Waals surface area contributed by atoms with Crippen LogP contribution in [0.3, 0.4) is 0 Å². The van der Waals surface area contributed by atoms with Gasteiger partial charge < -0.3 is 20.8 Å². The summed E-state index contributed by atoms with van der Waals surface area (Å²) < 4.78 is 0. The highest BCUT2D eigenvalue weighted by Gasteiger charge is 2.14. The van der Waals surface area contributed by atoms with Gasteiger partial charge in [-0.1, -0.05) is 77.3 Å². The summed E-state index contributed by atoms with van der Waals surface area (Å²) in [4.78, 5) is 25.5. The van der Waals surface area contributed by atoms with Crippen LogP contribution in [0.25, 0.3) is 0 Å². The summed E-state index contributed by atoms with van der Waals surface area (Å²) in [5.41, 5.74) is 3.54. The van der Waals surface area contributed by atoms with Gasteiger partial charge in [0.1, 0.15) is 11.5 Å². The highest BCUT2D eigenvalue weighted by molar-refractivity contribution is 6.07. The fourth-order valence-electron chi connectivity index (χ4n) is 4.75. The van der Waals surface area contributed by atoms with E-state index in [4.69, 9.17) is 0 Å². The summed E-state index contributed by atoms with van der Waals surface area (Å²) in [7, 11) is 0. The van der Waals surface area contributed by atoms with Crippen molar-refractivity contribution in [3.63, 3.8) is 0 Å². The topological polar surface area (TPSA) is 98.7 Å².